The van der Waals surface area contributed by atoms with Crippen LogP contribution in [0.4, 0.5) is 5.95 Å². The summed E-state index contributed by atoms with van der Waals surface area (Å²) in [6.07, 6.45) is 4.68. The molecule has 0 amide bonds. The summed E-state index contributed by atoms with van der Waals surface area (Å²) in [6, 6.07) is 12.4. The fraction of sp³-hybridized carbons (Fsp3) is 0.500. The van der Waals surface area contributed by atoms with Crippen LogP contribution in [0.1, 0.15) is 13.3 Å². The number of thioether (sulfide) groups is 1. The Labute approximate surface area is 184 Å². The van der Waals surface area contributed by atoms with Crippen LogP contribution in [0.2, 0.25) is 0 Å². The number of nitrogens with one attached hydrogen (secondary N) is 2. The zero-order valence-electron chi connectivity index (χ0n) is 17.8. The number of aromatic nitrogens is 2. The number of hydrogen-bond donors (Lipinski definition) is 2. The Morgan fingerprint density at radius 3 is 2.53 bits per heavy atom. The zero-order valence-corrected chi connectivity index (χ0v) is 18.7. The van der Waals surface area contributed by atoms with E-state index in [0.29, 0.717) is 0 Å². The van der Waals surface area contributed by atoms with Crippen molar-refractivity contribution in [2.75, 3.05) is 63.0 Å². The van der Waals surface area contributed by atoms with E-state index in [1.54, 1.807) is 0 Å². The fourth-order valence-corrected chi connectivity index (χ4v) is 4.10. The molecule has 0 saturated carbocycles. The number of benzene rings is 1. The monoisotopic (exact) mass is 427 g/mol. The third-order valence-corrected chi connectivity index (χ3v) is 5.87. The molecule has 1 aromatic heterocycles. The van der Waals surface area contributed by atoms with Gasteiger partial charge in [0.25, 0.3) is 0 Å². The van der Waals surface area contributed by atoms with Gasteiger partial charge in [0.2, 0.25) is 5.95 Å². The summed E-state index contributed by atoms with van der Waals surface area (Å²) in [4.78, 5) is 19.5. The van der Waals surface area contributed by atoms with Gasteiger partial charge in [-0.3, -0.25) is 9.89 Å². The minimum absolute atomic E-state index is 0.836. The van der Waals surface area contributed by atoms with E-state index in [9.17, 15) is 0 Å². The molecule has 1 aliphatic heterocycles. The first-order chi connectivity index (χ1) is 14.8. The molecule has 1 aromatic carbocycles. The van der Waals surface area contributed by atoms with Gasteiger partial charge < -0.3 is 15.5 Å². The van der Waals surface area contributed by atoms with E-state index in [-0.39, 0.29) is 0 Å². The van der Waals surface area contributed by atoms with E-state index in [4.69, 9.17) is 4.99 Å². The Balaban J connectivity index is 1.30. The maximum Gasteiger partial charge on any atom is 0.225 e. The van der Waals surface area contributed by atoms with E-state index < -0.39 is 0 Å². The number of piperazine rings is 1. The predicted octanol–water partition coefficient (Wildman–Crippen LogP) is 2.34. The predicted molar refractivity (Wildman–Crippen MR) is 126 cm³/mol. The highest BCUT2D eigenvalue weighted by atomic mass is 32.2. The molecule has 7 nitrogen and oxygen atoms in total. The second-order valence-corrected chi connectivity index (χ2v) is 8.25. The highest BCUT2D eigenvalue weighted by Gasteiger charge is 2.18. The second-order valence-electron chi connectivity index (χ2n) is 7.08. The van der Waals surface area contributed by atoms with Gasteiger partial charge in [0, 0.05) is 75.4 Å². The summed E-state index contributed by atoms with van der Waals surface area (Å²) in [5.74, 6) is 2.77. The van der Waals surface area contributed by atoms with Crippen LogP contribution in [0.5, 0.6) is 0 Å². The van der Waals surface area contributed by atoms with E-state index in [0.717, 1.165) is 76.4 Å². The number of hydrogen-bond acceptors (Lipinski definition) is 6. The van der Waals surface area contributed by atoms with E-state index in [1.807, 2.05) is 30.2 Å². The first-order valence-corrected chi connectivity index (χ1v) is 11.8. The van der Waals surface area contributed by atoms with Crippen LogP contribution < -0.4 is 15.5 Å². The summed E-state index contributed by atoms with van der Waals surface area (Å²) < 4.78 is 0. The molecule has 30 heavy (non-hydrogen) atoms. The maximum atomic E-state index is 4.73. The van der Waals surface area contributed by atoms with Crippen LogP contribution in [0, 0.1) is 0 Å². The largest absolute Gasteiger partial charge is 0.357 e. The molecule has 0 radical (unpaired) electrons. The van der Waals surface area contributed by atoms with Gasteiger partial charge in [0.05, 0.1) is 0 Å². The summed E-state index contributed by atoms with van der Waals surface area (Å²) in [6.45, 7) is 9.86. The first-order valence-electron chi connectivity index (χ1n) is 10.8. The van der Waals surface area contributed by atoms with Crippen molar-refractivity contribution in [3.63, 3.8) is 0 Å². The molecule has 3 rings (SSSR count). The van der Waals surface area contributed by atoms with Gasteiger partial charge in [-0.25, -0.2) is 9.97 Å². The standard InChI is InChI=1S/C22H33N7S/c1-2-23-21(25-13-19-30-20-8-4-3-5-9-20)24-12-7-14-28-15-17-29(18-16-28)22-26-10-6-11-27-22/h3-6,8-11H,2,7,12-19H2,1H3,(H2,23,24,25). The highest BCUT2D eigenvalue weighted by molar-refractivity contribution is 7.99. The summed E-state index contributed by atoms with van der Waals surface area (Å²) >= 11 is 1.86. The van der Waals surface area contributed by atoms with E-state index in [2.05, 4.69) is 67.7 Å². The molecule has 2 aromatic rings. The molecule has 2 heterocycles. The number of rotatable bonds is 10. The topological polar surface area (TPSA) is 68.7 Å². The smallest absolute Gasteiger partial charge is 0.225 e. The van der Waals surface area contributed by atoms with Crippen LogP contribution >= 0.6 is 11.8 Å². The molecule has 1 fully saturated rings. The van der Waals surface area contributed by atoms with Gasteiger partial charge >= 0.3 is 0 Å². The number of aliphatic imine (C=N–C) groups is 1. The number of guanidine groups is 1. The molecule has 2 N–H and O–H groups in total. The molecule has 0 atom stereocenters. The molecular weight excluding hydrogens is 394 g/mol. The number of nitrogens with zero attached hydrogens (tertiary/aromatic N) is 5. The maximum absolute atomic E-state index is 4.73. The Hall–Kier alpha value is -2.32. The molecule has 162 valence electrons. The van der Waals surface area contributed by atoms with Gasteiger partial charge in [-0.1, -0.05) is 18.2 Å². The molecule has 0 bridgehead atoms. The molecule has 0 unspecified atom stereocenters. The lowest BCUT2D eigenvalue weighted by Crippen LogP contribution is -2.47. The lowest BCUT2D eigenvalue weighted by atomic mass is 10.3. The minimum atomic E-state index is 0.836. The van der Waals surface area contributed by atoms with Crippen molar-refractivity contribution >= 4 is 23.7 Å². The molecular formula is C22H33N7S. The Morgan fingerprint density at radius 1 is 1.03 bits per heavy atom. The van der Waals surface area contributed by atoms with Crippen molar-refractivity contribution in [3.8, 4) is 0 Å². The first kappa shape index (κ1) is 22.4. The number of anilines is 1. The SMILES string of the molecule is CCNC(=NCCCN1CCN(c2ncccn2)CC1)NCCSc1ccccc1. The lowest BCUT2D eigenvalue weighted by molar-refractivity contribution is 0.255. The van der Waals surface area contributed by atoms with Crippen molar-refractivity contribution in [1.29, 1.82) is 0 Å². The van der Waals surface area contributed by atoms with Gasteiger partial charge in [-0.05, 0) is 31.5 Å². The molecule has 8 heteroatoms. The zero-order chi connectivity index (χ0) is 20.9. The van der Waals surface area contributed by atoms with Crippen molar-refractivity contribution < 1.29 is 0 Å². The molecule has 0 aliphatic carbocycles. The average Bonchev–Trinajstić information content (AvgIpc) is 2.81. The van der Waals surface area contributed by atoms with Crippen LogP contribution in [-0.4, -0.2) is 78.9 Å². The summed E-state index contributed by atoms with van der Waals surface area (Å²) in [5.41, 5.74) is 0. The van der Waals surface area contributed by atoms with E-state index >= 15 is 0 Å². The van der Waals surface area contributed by atoms with Crippen molar-refractivity contribution in [2.45, 2.75) is 18.2 Å². The van der Waals surface area contributed by atoms with Crippen LogP contribution in [-0.2, 0) is 0 Å². The Morgan fingerprint density at radius 2 is 1.80 bits per heavy atom. The van der Waals surface area contributed by atoms with Crippen LogP contribution in [0.3, 0.4) is 0 Å². The third-order valence-electron chi connectivity index (χ3n) is 4.86. The Kier molecular flexibility index (Phi) is 9.75. The van der Waals surface area contributed by atoms with E-state index in [1.165, 1.54) is 4.90 Å². The van der Waals surface area contributed by atoms with Crippen molar-refractivity contribution in [3.05, 3.63) is 48.8 Å². The molecule has 0 spiro atoms. The molecule has 1 saturated heterocycles. The van der Waals surface area contributed by atoms with Gasteiger partial charge in [0.15, 0.2) is 5.96 Å². The average molecular weight is 428 g/mol. The van der Waals surface area contributed by atoms with Gasteiger partial charge in [-0.2, -0.15) is 0 Å². The normalized spacial score (nSPS) is 15.2. The van der Waals surface area contributed by atoms with Crippen molar-refractivity contribution in [2.24, 2.45) is 4.99 Å². The summed E-state index contributed by atoms with van der Waals surface area (Å²) in [5, 5.41) is 6.78. The third kappa shape index (κ3) is 7.84. The van der Waals surface area contributed by atoms with Crippen molar-refractivity contribution in [1.82, 2.24) is 25.5 Å². The van der Waals surface area contributed by atoms with Crippen LogP contribution in [0.25, 0.3) is 0 Å². The molecule has 1 aliphatic rings. The van der Waals surface area contributed by atoms with Gasteiger partial charge in [0.1, 0.15) is 0 Å². The lowest BCUT2D eigenvalue weighted by Gasteiger charge is -2.34. The minimum Gasteiger partial charge on any atom is -0.357 e. The highest BCUT2D eigenvalue weighted by Crippen LogP contribution is 2.15. The van der Waals surface area contributed by atoms with Crippen LogP contribution in [0.15, 0.2) is 58.7 Å². The fourth-order valence-electron chi connectivity index (χ4n) is 3.31. The summed E-state index contributed by atoms with van der Waals surface area (Å²) in [7, 11) is 0. The Bertz CT molecular complexity index is 734. The second kappa shape index (κ2) is 13.1. The van der Waals surface area contributed by atoms with Gasteiger partial charge in [-0.15, -0.1) is 11.8 Å². The quantitative estimate of drug-likeness (QED) is 0.261.